The van der Waals surface area contributed by atoms with Crippen LogP contribution in [0.2, 0.25) is 5.02 Å². The normalized spacial score (nSPS) is 18.7. The first kappa shape index (κ1) is 14.9. The van der Waals surface area contributed by atoms with Gasteiger partial charge in [-0.15, -0.1) is 0 Å². The number of halogens is 1. The molecule has 2 aromatic heterocycles. The lowest BCUT2D eigenvalue weighted by Gasteiger charge is -2.23. The van der Waals surface area contributed by atoms with Crippen LogP contribution in [0.3, 0.4) is 0 Å². The molecule has 1 aliphatic heterocycles. The quantitative estimate of drug-likeness (QED) is 0.625. The first-order chi connectivity index (χ1) is 10.6. The maximum absolute atomic E-state index is 10.8. The third-order valence-electron chi connectivity index (χ3n) is 3.88. The third-order valence-corrected chi connectivity index (χ3v) is 4.15. The number of pyridine rings is 1. The fraction of sp³-hybridized carbons (Fsp3) is 0.429. The minimum absolute atomic E-state index is 0.0766. The molecule has 8 heteroatoms. The molecule has 0 aromatic carbocycles. The largest absolute Gasteiger partial charge is 0.408 e. The highest BCUT2D eigenvalue weighted by molar-refractivity contribution is 6.32. The van der Waals surface area contributed by atoms with E-state index in [1.165, 1.54) is 10.9 Å². The molecule has 1 unspecified atom stereocenters. The van der Waals surface area contributed by atoms with Crippen LogP contribution in [0.15, 0.2) is 30.6 Å². The second kappa shape index (κ2) is 6.41. The van der Waals surface area contributed by atoms with Crippen molar-refractivity contribution in [3.63, 3.8) is 0 Å². The minimum Gasteiger partial charge on any atom is -0.358 e. The molecule has 0 saturated carbocycles. The molecule has 1 fully saturated rings. The van der Waals surface area contributed by atoms with Crippen molar-refractivity contribution in [2.24, 2.45) is 0 Å². The van der Waals surface area contributed by atoms with Crippen LogP contribution in [0, 0.1) is 10.1 Å². The lowest BCUT2D eigenvalue weighted by Crippen LogP contribution is -2.27. The second-order valence-corrected chi connectivity index (χ2v) is 5.68. The molecule has 7 nitrogen and oxygen atoms in total. The molecule has 0 spiro atoms. The smallest absolute Gasteiger partial charge is 0.358 e. The Morgan fingerprint density at radius 1 is 1.41 bits per heavy atom. The van der Waals surface area contributed by atoms with Crippen molar-refractivity contribution in [2.75, 3.05) is 13.1 Å². The molecule has 0 radical (unpaired) electrons. The summed E-state index contributed by atoms with van der Waals surface area (Å²) in [4.78, 5) is 17.0. The van der Waals surface area contributed by atoms with E-state index in [-0.39, 0.29) is 10.8 Å². The van der Waals surface area contributed by atoms with E-state index < -0.39 is 4.92 Å². The molecular formula is C14H16ClN5O2. The minimum atomic E-state index is -0.564. The van der Waals surface area contributed by atoms with Crippen molar-refractivity contribution < 1.29 is 4.92 Å². The summed E-state index contributed by atoms with van der Waals surface area (Å²) in [5, 5.41) is 14.7. The molecular weight excluding hydrogens is 306 g/mol. The summed E-state index contributed by atoms with van der Waals surface area (Å²) < 4.78 is 1.54. The summed E-state index contributed by atoms with van der Waals surface area (Å²) in [6.45, 7) is 2.33. The molecule has 2 aromatic rings. The average molecular weight is 322 g/mol. The van der Waals surface area contributed by atoms with Crippen LogP contribution >= 0.6 is 11.6 Å². The van der Waals surface area contributed by atoms with E-state index in [9.17, 15) is 10.1 Å². The Morgan fingerprint density at radius 2 is 2.27 bits per heavy atom. The van der Waals surface area contributed by atoms with Gasteiger partial charge in [-0.3, -0.25) is 9.88 Å². The Hall–Kier alpha value is -1.99. The highest BCUT2D eigenvalue weighted by Crippen LogP contribution is 2.30. The summed E-state index contributed by atoms with van der Waals surface area (Å²) in [5.74, 6) is -0.288. The average Bonchev–Trinajstić information content (AvgIpc) is 3.12. The van der Waals surface area contributed by atoms with Crippen LogP contribution in [0.1, 0.15) is 24.6 Å². The zero-order chi connectivity index (χ0) is 15.5. The van der Waals surface area contributed by atoms with E-state index >= 15 is 0 Å². The Balaban J connectivity index is 1.66. The Bertz CT molecular complexity index is 661. The summed E-state index contributed by atoms with van der Waals surface area (Å²) in [7, 11) is 0. The molecule has 1 saturated heterocycles. The van der Waals surface area contributed by atoms with Crippen LogP contribution in [-0.4, -0.2) is 37.7 Å². The fourth-order valence-corrected chi connectivity index (χ4v) is 3.08. The predicted molar refractivity (Wildman–Crippen MR) is 81.7 cm³/mol. The first-order valence-electron chi connectivity index (χ1n) is 7.17. The van der Waals surface area contributed by atoms with E-state index in [1.54, 1.807) is 0 Å². The molecule has 1 aliphatic rings. The molecule has 0 N–H and O–H groups in total. The van der Waals surface area contributed by atoms with Crippen molar-refractivity contribution in [2.45, 2.75) is 25.4 Å². The van der Waals surface area contributed by atoms with Crippen LogP contribution in [0.25, 0.3) is 0 Å². The maximum Gasteiger partial charge on any atom is 0.408 e. The molecule has 116 valence electrons. The number of rotatable bonds is 5. The van der Waals surface area contributed by atoms with E-state index in [0.29, 0.717) is 12.6 Å². The summed E-state index contributed by atoms with van der Waals surface area (Å²) in [5.41, 5.74) is 1.07. The van der Waals surface area contributed by atoms with Gasteiger partial charge in [0.15, 0.2) is 5.02 Å². The summed E-state index contributed by atoms with van der Waals surface area (Å²) in [6.07, 6.45) is 5.52. The fourth-order valence-electron chi connectivity index (χ4n) is 2.86. The van der Waals surface area contributed by atoms with Gasteiger partial charge in [-0.25, -0.2) is 0 Å². The zero-order valence-electron chi connectivity index (χ0n) is 11.9. The number of nitrogens with zero attached hydrogens (tertiary/aromatic N) is 5. The van der Waals surface area contributed by atoms with E-state index in [1.807, 2.05) is 24.4 Å². The van der Waals surface area contributed by atoms with Crippen molar-refractivity contribution >= 4 is 17.4 Å². The molecule has 0 bridgehead atoms. The number of likely N-dealkylation sites (tertiary alicyclic amines) is 1. The molecule has 0 aliphatic carbocycles. The van der Waals surface area contributed by atoms with Crippen molar-refractivity contribution in [1.29, 1.82) is 0 Å². The number of hydrogen-bond donors (Lipinski definition) is 0. The van der Waals surface area contributed by atoms with E-state index in [2.05, 4.69) is 15.0 Å². The van der Waals surface area contributed by atoms with E-state index in [0.717, 1.165) is 31.6 Å². The van der Waals surface area contributed by atoms with Crippen LogP contribution in [0.5, 0.6) is 0 Å². The Labute approximate surface area is 132 Å². The van der Waals surface area contributed by atoms with Gasteiger partial charge >= 0.3 is 5.82 Å². The van der Waals surface area contributed by atoms with Gasteiger partial charge in [-0.1, -0.05) is 17.7 Å². The van der Waals surface area contributed by atoms with Gasteiger partial charge in [0.05, 0.1) is 29.6 Å². The SMILES string of the molecule is O=[N+]([O-])c1nn(CCN2CCCC2c2ccccn2)cc1Cl. The molecule has 0 amide bonds. The van der Waals surface area contributed by atoms with E-state index in [4.69, 9.17) is 11.6 Å². The monoisotopic (exact) mass is 321 g/mol. The number of hydrogen-bond acceptors (Lipinski definition) is 5. The van der Waals surface area contributed by atoms with Crippen LogP contribution in [-0.2, 0) is 6.54 Å². The van der Waals surface area contributed by atoms with Crippen molar-refractivity contribution in [3.05, 3.63) is 51.4 Å². The van der Waals surface area contributed by atoms with Gasteiger partial charge in [0.1, 0.15) is 0 Å². The van der Waals surface area contributed by atoms with Gasteiger partial charge in [-0.05, 0) is 36.4 Å². The van der Waals surface area contributed by atoms with Gasteiger partial charge in [0, 0.05) is 12.7 Å². The van der Waals surface area contributed by atoms with Crippen LogP contribution in [0.4, 0.5) is 5.82 Å². The standard InChI is InChI=1S/C14H16ClN5O2/c15-11-10-19(17-14(11)20(21)22)9-8-18-7-3-5-13(18)12-4-1-2-6-16-12/h1-2,4,6,10,13H,3,5,7-9H2. The third kappa shape index (κ3) is 3.10. The molecule has 22 heavy (non-hydrogen) atoms. The van der Waals surface area contributed by atoms with Crippen molar-refractivity contribution in [1.82, 2.24) is 19.7 Å². The second-order valence-electron chi connectivity index (χ2n) is 5.27. The molecule has 3 heterocycles. The van der Waals surface area contributed by atoms with Gasteiger partial charge < -0.3 is 10.1 Å². The topological polar surface area (TPSA) is 77.1 Å². The Kier molecular flexibility index (Phi) is 4.35. The highest BCUT2D eigenvalue weighted by Gasteiger charge is 2.27. The lowest BCUT2D eigenvalue weighted by molar-refractivity contribution is -0.389. The zero-order valence-corrected chi connectivity index (χ0v) is 12.7. The Morgan fingerprint density at radius 3 is 2.95 bits per heavy atom. The van der Waals surface area contributed by atoms with Crippen LogP contribution < -0.4 is 0 Å². The summed E-state index contributed by atoms with van der Waals surface area (Å²) in [6, 6.07) is 6.25. The lowest BCUT2D eigenvalue weighted by atomic mass is 10.1. The van der Waals surface area contributed by atoms with Gasteiger partial charge in [-0.2, -0.15) is 4.68 Å². The van der Waals surface area contributed by atoms with Gasteiger partial charge in [0.25, 0.3) is 0 Å². The number of aromatic nitrogens is 3. The van der Waals surface area contributed by atoms with Gasteiger partial charge in [0.2, 0.25) is 0 Å². The molecule has 1 atom stereocenters. The van der Waals surface area contributed by atoms with Crippen molar-refractivity contribution in [3.8, 4) is 0 Å². The summed E-state index contributed by atoms with van der Waals surface area (Å²) >= 11 is 5.81. The maximum atomic E-state index is 10.8. The number of nitro groups is 1. The first-order valence-corrected chi connectivity index (χ1v) is 7.55. The molecule has 3 rings (SSSR count). The predicted octanol–water partition coefficient (Wildman–Crippen LogP) is 2.68. The highest BCUT2D eigenvalue weighted by atomic mass is 35.5.